The summed E-state index contributed by atoms with van der Waals surface area (Å²) < 4.78 is 0. The van der Waals surface area contributed by atoms with Gasteiger partial charge < -0.3 is 10.6 Å². The highest BCUT2D eigenvalue weighted by atomic mass is 35.5. The molecule has 2 rings (SSSR count). The second-order valence-corrected chi connectivity index (χ2v) is 5.14. The predicted molar refractivity (Wildman–Crippen MR) is 82.8 cm³/mol. The van der Waals surface area contributed by atoms with Gasteiger partial charge in [-0.05, 0) is 30.9 Å². The Labute approximate surface area is 122 Å². The van der Waals surface area contributed by atoms with E-state index in [4.69, 9.17) is 11.6 Å². The molecule has 2 aromatic rings. The Morgan fingerprint density at radius 1 is 1.16 bits per heavy atom. The summed E-state index contributed by atoms with van der Waals surface area (Å²) in [7, 11) is 1.83. The number of aromatic nitrogens is 2. The summed E-state index contributed by atoms with van der Waals surface area (Å²) in [4.78, 5) is 8.72. The summed E-state index contributed by atoms with van der Waals surface area (Å²) >= 11 is 7.61. The van der Waals surface area contributed by atoms with E-state index in [0.717, 1.165) is 27.9 Å². The Kier molecular flexibility index (Phi) is 4.50. The van der Waals surface area contributed by atoms with Crippen molar-refractivity contribution < 1.29 is 0 Å². The van der Waals surface area contributed by atoms with Gasteiger partial charge in [-0.15, -0.1) is 0 Å². The minimum atomic E-state index is 0.715. The minimum absolute atomic E-state index is 0.715. The predicted octanol–water partition coefficient (Wildman–Crippen LogP) is 3.95. The number of nitrogens with zero attached hydrogens (tertiary/aromatic N) is 2. The van der Waals surface area contributed by atoms with Crippen molar-refractivity contribution in [2.24, 2.45) is 0 Å². The molecule has 0 unspecified atom stereocenters. The maximum atomic E-state index is 6.11. The van der Waals surface area contributed by atoms with E-state index < -0.39 is 0 Å². The maximum Gasteiger partial charge on any atom is 0.191 e. The molecule has 1 heterocycles. The number of rotatable bonds is 4. The van der Waals surface area contributed by atoms with Crippen molar-refractivity contribution in [2.45, 2.75) is 12.1 Å². The van der Waals surface area contributed by atoms with E-state index in [1.807, 2.05) is 44.5 Å². The van der Waals surface area contributed by atoms with Crippen LogP contribution in [-0.2, 0) is 0 Å². The molecule has 0 aliphatic carbocycles. The molecule has 0 spiro atoms. The Bertz CT molecular complexity index is 567. The Morgan fingerprint density at radius 3 is 2.53 bits per heavy atom. The van der Waals surface area contributed by atoms with E-state index in [1.165, 1.54) is 11.8 Å². The lowest BCUT2D eigenvalue weighted by molar-refractivity contribution is 0.977. The highest BCUT2D eigenvalue weighted by Crippen LogP contribution is 2.24. The SMILES string of the molecule is CNc1cc(Nc2ccc(C)c(Cl)c2)nc(SC)n1. The number of aryl methyl sites for hydroxylation is 1. The summed E-state index contributed by atoms with van der Waals surface area (Å²) in [6.07, 6.45) is 1.95. The van der Waals surface area contributed by atoms with E-state index in [9.17, 15) is 0 Å². The van der Waals surface area contributed by atoms with Crippen LogP contribution in [0.5, 0.6) is 0 Å². The molecule has 19 heavy (non-hydrogen) atoms. The smallest absolute Gasteiger partial charge is 0.191 e. The largest absolute Gasteiger partial charge is 0.373 e. The molecule has 6 heteroatoms. The lowest BCUT2D eigenvalue weighted by Gasteiger charge is -2.09. The minimum Gasteiger partial charge on any atom is -0.373 e. The van der Waals surface area contributed by atoms with Crippen LogP contribution < -0.4 is 10.6 Å². The van der Waals surface area contributed by atoms with Crippen molar-refractivity contribution in [3.63, 3.8) is 0 Å². The highest BCUT2D eigenvalue weighted by Gasteiger charge is 2.04. The highest BCUT2D eigenvalue weighted by molar-refractivity contribution is 7.98. The van der Waals surface area contributed by atoms with E-state index >= 15 is 0 Å². The first-order valence-corrected chi connectivity index (χ1v) is 7.36. The third-order valence-corrected chi connectivity index (χ3v) is 3.54. The van der Waals surface area contributed by atoms with E-state index in [2.05, 4.69) is 20.6 Å². The molecule has 1 aromatic heterocycles. The molecule has 2 N–H and O–H groups in total. The standard InChI is InChI=1S/C13H15ClN4S/c1-8-4-5-9(6-10(8)14)16-12-7-11(15-2)17-13(18-12)19-3/h4-7H,1-3H3,(H2,15,16,17,18). The van der Waals surface area contributed by atoms with E-state index in [0.29, 0.717) is 5.16 Å². The molecule has 1 aromatic carbocycles. The van der Waals surface area contributed by atoms with Crippen molar-refractivity contribution in [1.82, 2.24) is 9.97 Å². The number of thioether (sulfide) groups is 1. The molecule has 0 saturated heterocycles. The van der Waals surface area contributed by atoms with Crippen molar-refractivity contribution in [2.75, 3.05) is 23.9 Å². The summed E-state index contributed by atoms with van der Waals surface area (Å²) in [6.45, 7) is 1.97. The van der Waals surface area contributed by atoms with Gasteiger partial charge in [-0.25, -0.2) is 9.97 Å². The first kappa shape index (κ1) is 14.0. The second-order valence-electron chi connectivity index (χ2n) is 3.96. The van der Waals surface area contributed by atoms with Gasteiger partial charge in [0.05, 0.1) is 0 Å². The molecule has 0 aliphatic heterocycles. The summed E-state index contributed by atoms with van der Waals surface area (Å²) in [5, 5.41) is 7.70. The van der Waals surface area contributed by atoms with Crippen LogP contribution in [0.1, 0.15) is 5.56 Å². The molecule has 0 radical (unpaired) electrons. The van der Waals surface area contributed by atoms with Crippen LogP contribution in [0, 0.1) is 6.92 Å². The molecule has 0 bridgehead atoms. The van der Waals surface area contributed by atoms with Crippen LogP contribution >= 0.6 is 23.4 Å². The van der Waals surface area contributed by atoms with Crippen LogP contribution in [0.3, 0.4) is 0 Å². The van der Waals surface area contributed by atoms with Crippen LogP contribution in [-0.4, -0.2) is 23.3 Å². The van der Waals surface area contributed by atoms with E-state index in [-0.39, 0.29) is 0 Å². The van der Waals surface area contributed by atoms with Crippen LogP contribution in [0.15, 0.2) is 29.4 Å². The summed E-state index contributed by atoms with van der Waals surface area (Å²) in [5.41, 5.74) is 1.96. The molecule has 4 nitrogen and oxygen atoms in total. The van der Waals surface area contributed by atoms with Crippen molar-refractivity contribution in [3.8, 4) is 0 Å². The van der Waals surface area contributed by atoms with Crippen LogP contribution in [0.25, 0.3) is 0 Å². The van der Waals surface area contributed by atoms with Gasteiger partial charge in [-0.1, -0.05) is 29.4 Å². The van der Waals surface area contributed by atoms with Crippen LogP contribution in [0.4, 0.5) is 17.3 Å². The van der Waals surface area contributed by atoms with Gasteiger partial charge in [0, 0.05) is 23.8 Å². The molecule has 0 atom stereocenters. The quantitative estimate of drug-likeness (QED) is 0.660. The zero-order valence-electron chi connectivity index (χ0n) is 11.0. The van der Waals surface area contributed by atoms with Gasteiger partial charge in [0.15, 0.2) is 5.16 Å². The topological polar surface area (TPSA) is 49.8 Å². The fourth-order valence-corrected chi connectivity index (χ4v) is 2.09. The van der Waals surface area contributed by atoms with Crippen molar-refractivity contribution in [1.29, 1.82) is 0 Å². The molecule has 0 fully saturated rings. The Morgan fingerprint density at radius 2 is 1.89 bits per heavy atom. The third-order valence-electron chi connectivity index (χ3n) is 2.59. The van der Waals surface area contributed by atoms with Gasteiger partial charge >= 0.3 is 0 Å². The van der Waals surface area contributed by atoms with Gasteiger partial charge in [-0.2, -0.15) is 0 Å². The molecule has 100 valence electrons. The lowest BCUT2D eigenvalue weighted by atomic mass is 10.2. The van der Waals surface area contributed by atoms with Gasteiger partial charge in [0.2, 0.25) is 0 Å². The molecule has 0 saturated carbocycles. The first-order chi connectivity index (χ1) is 9.12. The zero-order valence-corrected chi connectivity index (χ0v) is 12.6. The lowest BCUT2D eigenvalue weighted by Crippen LogP contribution is -2.00. The van der Waals surface area contributed by atoms with Crippen molar-refractivity contribution in [3.05, 3.63) is 34.9 Å². The number of hydrogen-bond acceptors (Lipinski definition) is 5. The zero-order chi connectivity index (χ0) is 13.8. The number of nitrogens with one attached hydrogen (secondary N) is 2. The fraction of sp³-hybridized carbons (Fsp3) is 0.231. The van der Waals surface area contributed by atoms with E-state index in [1.54, 1.807) is 0 Å². The van der Waals surface area contributed by atoms with Gasteiger partial charge in [0.25, 0.3) is 0 Å². The van der Waals surface area contributed by atoms with Crippen LogP contribution in [0.2, 0.25) is 5.02 Å². The average molecular weight is 295 g/mol. The Hall–Kier alpha value is -1.46. The third kappa shape index (κ3) is 3.52. The summed E-state index contributed by atoms with van der Waals surface area (Å²) in [6, 6.07) is 7.69. The monoisotopic (exact) mass is 294 g/mol. The average Bonchev–Trinajstić information content (AvgIpc) is 2.42. The summed E-state index contributed by atoms with van der Waals surface area (Å²) in [5.74, 6) is 1.52. The molecule has 0 aliphatic rings. The number of anilines is 3. The normalized spacial score (nSPS) is 10.3. The van der Waals surface area contributed by atoms with Gasteiger partial charge in [-0.3, -0.25) is 0 Å². The number of halogens is 1. The molecular formula is C13H15ClN4S. The van der Waals surface area contributed by atoms with Crippen molar-refractivity contribution >= 4 is 40.7 Å². The molecule has 0 amide bonds. The fourth-order valence-electron chi connectivity index (χ4n) is 1.53. The molecular weight excluding hydrogens is 280 g/mol. The Balaban J connectivity index is 2.29. The van der Waals surface area contributed by atoms with Gasteiger partial charge in [0.1, 0.15) is 11.6 Å². The number of benzene rings is 1. The second kappa shape index (κ2) is 6.12. The number of hydrogen-bond donors (Lipinski definition) is 2. The first-order valence-electron chi connectivity index (χ1n) is 5.76. The maximum absolute atomic E-state index is 6.11.